The van der Waals surface area contributed by atoms with E-state index in [0.717, 1.165) is 28.3 Å². The molecule has 3 heterocycles. The number of hydrogen-bond donors (Lipinski definition) is 0. The number of aromatic nitrogens is 4. The van der Waals surface area contributed by atoms with Crippen molar-refractivity contribution in [3.05, 3.63) is 76.2 Å². The molecule has 24 heavy (non-hydrogen) atoms. The predicted molar refractivity (Wildman–Crippen MR) is 90.0 cm³/mol. The van der Waals surface area contributed by atoms with Crippen LogP contribution >= 0.6 is 0 Å². The van der Waals surface area contributed by atoms with Crippen molar-refractivity contribution in [2.24, 2.45) is 0 Å². The number of fused-ring (bicyclic) bond motifs is 1. The van der Waals surface area contributed by atoms with Gasteiger partial charge in [0.1, 0.15) is 11.3 Å². The lowest BCUT2D eigenvalue weighted by Crippen LogP contribution is -2.22. The summed E-state index contributed by atoms with van der Waals surface area (Å²) >= 11 is 0. The topological polar surface area (TPSA) is 65.3 Å². The Morgan fingerprint density at radius 2 is 1.92 bits per heavy atom. The quantitative estimate of drug-likeness (QED) is 0.582. The first kappa shape index (κ1) is 14.4. The highest BCUT2D eigenvalue weighted by Crippen LogP contribution is 2.18. The Hall–Kier alpha value is -3.15. The van der Waals surface area contributed by atoms with Crippen molar-refractivity contribution in [2.45, 2.75) is 20.4 Å². The van der Waals surface area contributed by atoms with Crippen LogP contribution in [0.2, 0.25) is 0 Å². The van der Waals surface area contributed by atoms with Crippen molar-refractivity contribution < 1.29 is 4.52 Å². The minimum atomic E-state index is -0.0906. The number of hydrogen-bond acceptors (Lipinski definition) is 4. The second-order valence-electron chi connectivity index (χ2n) is 5.76. The molecule has 1 aromatic carbocycles. The fraction of sp³-hybridized carbons (Fsp3) is 0.167. The Morgan fingerprint density at radius 1 is 1.12 bits per heavy atom. The lowest BCUT2D eigenvalue weighted by atomic mass is 10.1. The minimum Gasteiger partial charge on any atom is -0.361 e. The summed E-state index contributed by atoms with van der Waals surface area (Å²) in [6, 6.07) is 11.6. The van der Waals surface area contributed by atoms with Gasteiger partial charge in [-0.1, -0.05) is 35.5 Å². The Balaban J connectivity index is 1.80. The molecule has 0 aliphatic rings. The third kappa shape index (κ3) is 2.32. The molecule has 0 saturated heterocycles. The van der Waals surface area contributed by atoms with E-state index in [4.69, 9.17) is 4.52 Å². The summed E-state index contributed by atoms with van der Waals surface area (Å²) in [5.41, 5.74) is 3.96. The Bertz CT molecular complexity index is 1050. The molecule has 0 aliphatic carbocycles. The summed E-state index contributed by atoms with van der Waals surface area (Å²) in [4.78, 5) is 12.8. The molecule has 0 atom stereocenters. The lowest BCUT2D eigenvalue weighted by Gasteiger charge is -2.05. The minimum absolute atomic E-state index is 0.0906. The molecule has 120 valence electrons. The molecule has 0 radical (unpaired) electrons. The van der Waals surface area contributed by atoms with Crippen LogP contribution in [0.3, 0.4) is 0 Å². The van der Waals surface area contributed by atoms with Crippen molar-refractivity contribution in [1.82, 2.24) is 19.3 Å². The van der Waals surface area contributed by atoms with Gasteiger partial charge in [-0.3, -0.25) is 4.79 Å². The third-order valence-corrected chi connectivity index (χ3v) is 4.18. The van der Waals surface area contributed by atoms with Gasteiger partial charge in [0.25, 0.3) is 5.56 Å². The van der Waals surface area contributed by atoms with Crippen molar-refractivity contribution in [3.8, 4) is 11.3 Å². The summed E-state index contributed by atoms with van der Waals surface area (Å²) in [6.07, 6.45) is 3.53. The summed E-state index contributed by atoms with van der Waals surface area (Å²) in [7, 11) is 0. The highest BCUT2D eigenvalue weighted by molar-refractivity contribution is 5.65. The molecule has 0 N–H and O–H groups in total. The van der Waals surface area contributed by atoms with Gasteiger partial charge in [-0.25, -0.2) is 4.52 Å². The van der Waals surface area contributed by atoms with E-state index >= 15 is 0 Å². The summed E-state index contributed by atoms with van der Waals surface area (Å²) in [6.45, 7) is 4.16. The van der Waals surface area contributed by atoms with Gasteiger partial charge in [0, 0.05) is 23.5 Å². The Labute approximate surface area is 138 Å². The van der Waals surface area contributed by atoms with Gasteiger partial charge in [-0.2, -0.15) is 5.10 Å². The van der Waals surface area contributed by atoms with E-state index < -0.39 is 0 Å². The maximum Gasteiger partial charge on any atom is 0.276 e. The first-order valence-corrected chi connectivity index (χ1v) is 7.69. The number of nitrogens with zero attached hydrogens (tertiary/aromatic N) is 4. The molecule has 3 aromatic heterocycles. The van der Waals surface area contributed by atoms with Crippen LogP contribution < -0.4 is 5.56 Å². The van der Waals surface area contributed by atoms with Crippen molar-refractivity contribution >= 4 is 5.52 Å². The number of aryl methyl sites for hydroxylation is 2. The van der Waals surface area contributed by atoms with E-state index in [0.29, 0.717) is 12.1 Å². The van der Waals surface area contributed by atoms with Crippen molar-refractivity contribution in [3.63, 3.8) is 0 Å². The maximum atomic E-state index is 12.8. The molecule has 0 bridgehead atoms. The molecular formula is C18H16N4O2. The average Bonchev–Trinajstić information content (AvgIpc) is 3.17. The van der Waals surface area contributed by atoms with Crippen LogP contribution in [0.25, 0.3) is 16.8 Å². The first-order chi connectivity index (χ1) is 11.6. The van der Waals surface area contributed by atoms with Gasteiger partial charge in [0.2, 0.25) is 0 Å². The summed E-state index contributed by atoms with van der Waals surface area (Å²) < 4.78 is 8.44. The van der Waals surface area contributed by atoms with Crippen LogP contribution in [-0.4, -0.2) is 19.3 Å². The monoisotopic (exact) mass is 320 g/mol. The van der Waals surface area contributed by atoms with Crippen molar-refractivity contribution in [1.29, 1.82) is 0 Å². The van der Waals surface area contributed by atoms with Gasteiger partial charge in [-0.05, 0) is 19.9 Å². The van der Waals surface area contributed by atoms with E-state index in [1.165, 1.54) is 0 Å². The molecule has 0 unspecified atom stereocenters. The van der Waals surface area contributed by atoms with Gasteiger partial charge in [0.05, 0.1) is 17.9 Å². The third-order valence-electron chi connectivity index (χ3n) is 4.18. The zero-order chi connectivity index (χ0) is 16.7. The highest BCUT2D eigenvalue weighted by atomic mass is 16.5. The van der Waals surface area contributed by atoms with Crippen LogP contribution in [0.5, 0.6) is 0 Å². The molecule has 0 saturated carbocycles. The zero-order valence-corrected chi connectivity index (χ0v) is 13.4. The molecule has 4 rings (SSSR count). The van der Waals surface area contributed by atoms with Gasteiger partial charge >= 0.3 is 0 Å². The van der Waals surface area contributed by atoms with Gasteiger partial charge in [0.15, 0.2) is 0 Å². The van der Waals surface area contributed by atoms with Crippen LogP contribution in [0.1, 0.15) is 17.0 Å². The fourth-order valence-electron chi connectivity index (χ4n) is 2.80. The van der Waals surface area contributed by atoms with E-state index in [9.17, 15) is 4.79 Å². The second-order valence-corrected chi connectivity index (χ2v) is 5.76. The SMILES string of the molecule is Cc1noc(C)c1Cn1ccn2nc(-c3ccccc3)cc2c1=O. The highest BCUT2D eigenvalue weighted by Gasteiger charge is 2.13. The number of benzene rings is 1. The molecular weight excluding hydrogens is 304 g/mol. The largest absolute Gasteiger partial charge is 0.361 e. The molecule has 0 fully saturated rings. The van der Waals surface area contributed by atoms with Crippen LogP contribution in [0.15, 0.2) is 58.1 Å². The second kappa shape index (κ2) is 5.49. The van der Waals surface area contributed by atoms with Gasteiger partial charge < -0.3 is 9.09 Å². The van der Waals surface area contributed by atoms with Crippen LogP contribution in [-0.2, 0) is 6.54 Å². The predicted octanol–water partition coefficient (Wildman–Crippen LogP) is 2.82. The maximum absolute atomic E-state index is 12.8. The summed E-state index contributed by atoms with van der Waals surface area (Å²) in [5, 5.41) is 8.43. The normalized spacial score (nSPS) is 11.2. The van der Waals surface area contributed by atoms with Crippen molar-refractivity contribution in [2.75, 3.05) is 0 Å². The molecule has 0 spiro atoms. The van der Waals surface area contributed by atoms with Crippen LogP contribution in [0, 0.1) is 13.8 Å². The van der Waals surface area contributed by atoms with E-state index in [-0.39, 0.29) is 5.56 Å². The first-order valence-electron chi connectivity index (χ1n) is 7.69. The zero-order valence-electron chi connectivity index (χ0n) is 13.4. The lowest BCUT2D eigenvalue weighted by molar-refractivity contribution is 0.392. The average molecular weight is 320 g/mol. The van der Waals surface area contributed by atoms with Crippen LogP contribution in [0.4, 0.5) is 0 Å². The molecule has 6 heteroatoms. The van der Waals surface area contributed by atoms with E-state index in [2.05, 4.69) is 10.3 Å². The van der Waals surface area contributed by atoms with E-state index in [1.54, 1.807) is 21.5 Å². The standard InChI is InChI=1S/C18H16N4O2/c1-12-15(13(2)24-20-12)11-21-8-9-22-17(18(21)23)10-16(19-22)14-6-4-3-5-7-14/h3-10H,11H2,1-2H3. The summed E-state index contributed by atoms with van der Waals surface area (Å²) in [5.74, 6) is 0.734. The molecule has 6 nitrogen and oxygen atoms in total. The fourth-order valence-corrected chi connectivity index (χ4v) is 2.80. The van der Waals surface area contributed by atoms with E-state index in [1.807, 2.05) is 50.2 Å². The number of rotatable bonds is 3. The molecule has 0 amide bonds. The molecule has 0 aliphatic heterocycles. The Morgan fingerprint density at radius 3 is 2.62 bits per heavy atom. The Kier molecular flexibility index (Phi) is 3.30. The smallest absolute Gasteiger partial charge is 0.276 e. The van der Waals surface area contributed by atoms with Gasteiger partial charge in [-0.15, -0.1) is 0 Å². The molecule has 4 aromatic rings.